The molecule has 1 rings (SSSR count). The Balaban J connectivity index is 2.53. The topological polar surface area (TPSA) is 50.4 Å². The largest absolute Gasteiger partial charge is 0.377 e. The summed E-state index contributed by atoms with van der Waals surface area (Å²) in [5.41, 5.74) is 1.82. The van der Waals surface area contributed by atoms with E-state index in [1.54, 1.807) is 18.9 Å². The van der Waals surface area contributed by atoms with Crippen molar-refractivity contribution in [2.45, 2.75) is 32.4 Å². The zero-order chi connectivity index (χ0) is 15.0. The monoisotopic (exact) mass is 296 g/mol. The van der Waals surface area contributed by atoms with Gasteiger partial charge in [0.2, 0.25) is 0 Å². The lowest BCUT2D eigenvalue weighted by Gasteiger charge is -2.15. The Morgan fingerprint density at radius 3 is 2.80 bits per heavy atom. The number of carbonyl (C=O) groups excluding carboxylic acids is 1. The molecule has 2 amide bonds. The Hall–Kier alpha value is -1.20. The highest BCUT2D eigenvalue weighted by Gasteiger charge is 2.09. The van der Waals surface area contributed by atoms with Crippen molar-refractivity contribution in [3.05, 3.63) is 29.8 Å². The summed E-state index contributed by atoms with van der Waals surface area (Å²) in [7, 11) is 1.67. The standard InChI is InChI=1S/C15H24N2O2S/c1-11(8-9-20-4)16-15(18)17-14-7-5-6-13(10-14)12(2)19-3/h5-7,10-12H,8-9H2,1-4H3,(H2,16,17,18)/t11-,12+/m0/s1. The van der Waals surface area contributed by atoms with Gasteiger partial charge in [0.25, 0.3) is 0 Å². The van der Waals surface area contributed by atoms with Crippen LogP contribution in [0.3, 0.4) is 0 Å². The summed E-state index contributed by atoms with van der Waals surface area (Å²) in [4.78, 5) is 11.9. The Kier molecular flexibility index (Phi) is 7.47. The average molecular weight is 296 g/mol. The van der Waals surface area contributed by atoms with Gasteiger partial charge in [0.1, 0.15) is 0 Å². The molecule has 0 spiro atoms. The summed E-state index contributed by atoms with van der Waals surface area (Å²) >= 11 is 1.78. The summed E-state index contributed by atoms with van der Waals surface area (Å²) in [6, 6.07) is 7.71. The molecule has 0 aliphatic carbocycles. The molecule has 112 valence electrons. The number of benzene rings is 1. The molecule has 0 saturated heterocycles. The van der Waals surface area contributed by atoms with Crippen molar-refractivity contribution in [3.8, 4) is 0 Å². The molecule has 0 bridgehead atoms. The van der Waals surface area contributed by atoms with E-state index in [0.717, 1.165) is 23.4 Å². The van der Waals surface area contributed by atoms with Gasteiger partial charge in [-0.2, -0.15) is 11.8 Å². The number of anilines is 1. The average Bonchev–Trinajstić information content (AvgIpc) is 2.44. The maximum atomic E-state index is 11.9. The van der Waals surface area contributed by atoms with Gasteiger partial charge in [-0.3, -0.25) is 0 Å². The molecule has 2 N–H and O–H groups in total. The molecule has 1 aromatic rings. The van der Waals surface area contributed by atoms with Gasteiger partial charge in [-0.15, -0.1) is 0 Å². The van der Waals surface area contributed by atoms with Crippen LogP contribution in [0.1, 0.15) is 31.9 Å². The minimum atomic E-state index is -0.166. The van der Waals surface area contributed by atoms with Crippen LogP contribution in [0, 0.1) is 0 Å². The molecule has 0 unspecified atom stereocenters. The molecule has 0 fully saturated rings. The molecular formula is C15H24N2O2S. The Bertz CT molecular complexity index is 426. The number of thioether (sulfide) groups is 1. The Morgan fingerprint density at radius 1 is 1.40 bits per heavy atom. The third kappa shape index (κ3) is 5.84. The van der Waals surface area contributed by atoms with Crippen molar-refractivity contribution in [3.63, 3.8) is 0 Å². The number of urea groups is 1. The van der Waals surface area contributed by atoms with E-state index in [0.29, 0.717) is 0 Å². The van der Waals surface area contributed by atoms with Gasteiger partial charge in [0.05, 0.1) is 6.10 Å². The first-order valence-corrected chi connectivity index (χ1v) is 8.15. The highest BCUT2D eigenvalue weighted by molar-refractivity contribution is 7.98. The van der Waals surface area contributed by atoms with E-state index in [1.807, 2.05) is 38.1 Å². The van der Waals surface area contributed by atoms with Crippen LogP contribution in [0.25, 0.3) is 0 Å². The van der Waals surface area contributed by atoms with Crippen LogP contribution < -0.4 is 10.6 Å². The van der Waals surface area contributed by atoms with Crippen molar-refractivity contribution in [2.75, 3.05) is 24.4 Å². The summed E-state index contributed by atoms with van der Waals surface area (Å²) in [6.45, 7) is 3.99. The van der Waals surface area contributed by atoms with E-state index in [-0.39, 0.29) is 18.2 Å². The third-order valence-corrected chi connectivity index (χ3v) is 3.74. The molecule has 0 aliphatic rings. The molecule has 0 aliphatic heterocycles. The predicted molar refractivity (Wildman–Crippen MR) is 86.5 cm³/mol. The fourth-order valence-electron chi connectivity index (χ4n) is 1.76. The molecule has 1 aromatic carbocycles. The van der Waals surface area contributed by atoms with Crippen LogP contribution in [-0.4, -0.2) is 31.2 Å². The number of rotatable bonds is 7. The molecule has 0 heterocycles. The number of nitrogens with one attached hydrogen (secondary N) is 2. The van der Waals surface area contributed by atoms with Gasteiger partial charge < -0.3 is 15.4 Å². The van der Waals surface area contributed by atoms with E-state index in [9.17, 15) is 4.79 Å². The Morgan fingerprint density at radius 2 is 2.15 bits per heavy atom. The van der Waals surface area contributed by atoms with Crippen LogP contribution in [0.4, 0.5) is 10.5 Å². The maximum Gasteiger partial charge on any atom is 0.319 e. The maximum absolute atomic E-state index is 11.9. The highest BCUT2D eigenvalue weighted by Crippen LogP contribution is 2.19. The third-order valence-electron chi connectivity index (χ3n) is 3.10. The van der Waals surface area contributed by atoms with Crippen LogP contribution in [0.2, 0.25) is 0 Å². The number of hydrogen-bond donors (Lipinski definition) is 2. The Labute approximate surface area is 125 Å². The molecule has 20 heavy (non-hydrogen) atoms. The zero-order valence-electron chi connectivity index (χ0n) is 12.6. The molecule has 5 heteroatoms. The molecular weight excluding hydrogens is 272 g/mol. The fourth-order valence-corrected chi connectivity index (χ4v) is 2.35. The van der Waals surface area contributed by atoms with Crippen molar-refractivity contribution in [2.24, 2.45) is 0 Å². The highest BCUT2D eigenvalue weighted by atomic mass is 32.2. The summed E-state index contributed by atoms with van der Waals surface area (Å²) in [6.07, 6.45) is 3.05. The van der Waals surface area contributed by atoms with Crippen molar-refractivity contribution < 1.29 is 9.53 Å². The molecule has 0 aromatic heterocycles. The van der Waals surface area contributed by atoms with E-state index in [4.69, 9.17) is 4.74 Å². The second-order valence-electron chi connectivity index (χ2n) is 4.78. The van der Waals surface area contributed by atoms with Gasteiger partial charge in [0.15, 0.2) is 0 Å². The molecule has 4 nitrogen and oxygen atoms in total. The number of hydrogen-bond acceptors (Lipinski definition) is 3. The minimum absolute atomic E-state index is 0.0142. The van der Waals surface area contributed by atoms with Gasteiger partial charge in [-0.05, 0) is 50.0 Å². The van der Waals surface area contributed by atoms with Crippen molar-refractivity contribution in [1.82, 2.24) is 5.32 Å². The van der Waals surface area contributed by atoms with Gasteiger partial charge in [-0.25, -0.2) is 4.79 Å². The second-order valence-corrected chi connectivity index (χ2v) is 5.77. The lowest BCUT2D eigenvalue weighted by Crippen LogP contribution is -2.36. The summed E-state index contributed by atoms with van der Waals surface area (Å²) in [5, 5.41) is 5.79. The molecule has 2 atom stereocenters. The number of ether oxygens (including phenoxy) is 1. The van der Waals surface area contributed by atoms with E-state index in [2.05, 4.69) is 16.9 Å². The van der Waals surface area contributed by atoms with Crippen LogP contribution in [-0.2, 0) is 4.74 Å². The normalized spacial score (nSPS) is 13.6. The summed E-state index contributed by atoms with van der Waals surface area (Å²) in [5.74, 6) is 1.04. The lowest BCUT2D eigenvalue weighted by molar-refractivity contribution is 0.119. The van der Waals surface area contributed by atoms with Crippen molar-refractivity contribution >= 4 is 23.5 Å². The van der Waals surface area contributed by atoms with Gasteiger partial charge in [0, 0.05) is 18.8 Å². The van der Waals surface area contributed by atoms with E-state index < -0.39 is 0 Å². The van der Waals surface area contributed by atoms with Gasteiger partial charge in [-0.1, -0.05) is 12.1 Å². The summed E-state index contributed by atoms with van der Waals surface area (Å²) < 4.78 is 5.27. The second kappa shape index (κ2) is 8.87. The SMILES string of the molecule is CO[C@H](C)c1cccc(NC(=O)N[C@@H](C)CCSC)c1. The quantitative estimate of drug-likeness (QED) is 0.807. The fraction of sp³-hybridized carbons (Fsp3) is 0.533. The first kappa shape index (κ1) is 16.9. The van der Waals surface area contributed by atoms with Crippen LogP contribution in [0.15, 0.2) is 24.3 Å². The van der Waals surface area contributed by atoms with Crippen LogP contribution in [0.5, 0.6) is 0 Å². The first-order chi connectivity index (χ1) is 9.56. The van der Waals surface area contributed by atoms with E-state index in [1.165, 1.54) is 0 Å². The number of carbonyl (C=O) groups is 1. The molecule has 0 saturated carbocycles. The smallest absolute Gasteiger partial charge is 0.319 e. The lowest BCUT2D eigenvalue weighted by atomic mass is 10.1. The number of methoxy groups -OCH3 is 1. The predicted octanol–water partition coefficient (Wildman–Crippen LogP) is 3.66. The number of amides is 2. The zero-order valence-corrected chi connectivity index (χ0v) is 13.4. The van der Waals surface area contributed by atoms with E-state index >= 15 is 0 Å². The van der Waals surface area contributed by atoms with Crippen LogP contribution >= 0.6 is 11.8 Å². The molecule has 0 radical (unpaired) electrons. The van der Waals surface area contributed by atoms with Gasteiger partial charge >= 0.3 is 6.03 Å². The minimum Gasteiger partial charge on any atom is -0.377 e. The van der Waals surface area contributed by atoms with Crippen molar-refractivity contribution in [1.29, 1.82) is 0 Å². The first-order valence-electron chi connectivity index (χ1n) is 6.76.